The van der Waals surface area contributed by atoms with Crippen molar-refractivity contribution in [2.45, 2.75) is 45.4 Å². The van der Waals surface area contributed by atoms with E-state index in [4.69, 9.17) is 15.1 Å². The van der Waals surface area contributed by atoms with Gasteiger partial charge in [0.05, 0.1) is 41.9 Å². The third kappa shape index (κ3) is 5.85. The number of carbonyl (C=O) groups is 1. The molecule has 0 aliphatic carbocycles. The molecule has 1 fully saturated rings. The van der Waals surface area contributed by atoms with Crippen molar-refractivity contribution in [2.75, 3.05) is 29.9 Å². The Labute approximate surface area is 236 Å². The Hall–Kier alpha value is -4.50. The van der Waals surface area contributed by atoms with E-state index in [0.717, 1.165) is 18.6 Å². The molecule has 5 rings (SSSR count). The summed E-state index contributed by atoms with van der Waals surface area (Å²) in [5.41, 5.74) is 2.79. The van der Waals surface area contributed by atoms with Crippen molar-refractivity contribution in [3.05, 3.63) is 59.1 Å². The van der Waals surface area contributed by atoms with Crippen LogP contribution in [0.4, 0.5) is 20.3 Å². The zero-order valence-corrected chi connectivity index (χ0v) is 22.7. The minimum absolute atomic E-state index is 0.0204. The highest BCUT2D eigenvalue weighted by Gasteiger charge is 2.30. The summed E-state index contributed by atoms with van der Waals surface area (Å²) in [7, 11) is 0. The van der Waals surface area contributed by atoms with Gasteiger partial charge < -0.3 is 20.8 Å². The standard InChI is InChI=1S/C29H30F2N8O2/c1-16(2)7-23-19(9-32)28(20(10-33)29(38-23)37-22-5-6-34-13-21(22)31)17-3-4-24-25(8-17)41-15-27(40)39(24)14-26-35-11-18(30)12-36-26/h3-4,8,10-12,16,21-22,33-34H,5-7,13-15H2,1-2H3,(H,37,38)/t21-,22-/m0/s1. The van der Waals surface area contributed by atoms with Crippen molar-refractivity contribution in [1.29, 1.82) is 10.7 Å². The van der Waals surface area contributed by atoms with Crippen molar-refractivity contribution in [3.63, 3.8) is 0 Å². The second-order valence-corrected chi connectivity index (χ2v) is 10.5. The molecule has 2 aromatic heterocycles. The molecule has 10 nitrogen and oxygen atoms in total. The van der Waals surface area contributed by atoms with E-state index in [0.29, 0.717) is 64.6 Å². The third-order valence-electron chi connectivity index (χ3n) is 7.06. The van der Waals surface area contributed by atoms with Crippen LogP contribution in [0.3, 0.4) is 0 Å². The molecule has 0 saturated carbocycles. The second kappa shape index (κ2) is 11.9. The average Bonchev–Trinajstić information content (AvgIpc) is 2.96. The van der Waals surface area contributed by atoms with Gasteiger partial charge in [0.1, 0.15) is 29.6 Å². The van der Waals surface area contributed by atoms with Crippen LogP contribution < -0.4 is 20.3 Å². The minimum Gasteiger partial charge on any atom is -0.482 e. The monoisotopic (exact) mass is 560 g/mol. The van der Waals surface area contributed by atoms with Crippen molar-refractivity contribution in [3.8, 4) is 22.9 Å². The number of anilines is 2. The molecular formula is C29H30F2N8O2. The summed E-state index contributed by atoms with van der Waals surface area (Å²) in [4.78, 5) is 26.9. The number of nitriles is 1. The van der Waals surface area contributed by atoms with Crippen LogP contribution in [0.15, 0.2) is 30.6 Å². The van der Waals surface area contributed by atoms with E-state index in [1.165, 1.54) is 4.90 Å². The molecular weight excluding hydrogens is 530 g/mol. The van der Waals surface area contributed by atoms with E-state index < -0.39 is 18.0 Å². The van der Waals surface area contributed by atoms with E-state index in [1.807, 2.05) is 13.8 Å². The molecule has 0 unspecified atom stereocenters. The van der Waals surface area contributed by atoms with Crippen LogP contribution in [-0.4, -0.2) is 59.0 Å². The van der Waals surface area contributed by atoms with Crippen LogP contribution in [0, 0.1) is 28.5 Å². The lowest BCUT2D eigenvalue weighted by Gasteiger charge is -2.30. The molecule has 0 spiro atoms. The highest BCUT2D eigenvalue weighted by molar-refractivity contribution is 6.00. The lowest BCUT2D eigenvalue weighted by Crippen LogP contribution is -2.45. The summed E-state index contributed by atoms with van der Waals surface area (Å²) in [6.07, 6.45) is 3.12. The maximum atomic E-state index is 14.7. The first-order valence-electron chi connectivity index (χ1n) is 13.4. The quantitative estimate of drug-likeness (QED) is 0.354. The van der Waals surface area contributed by atoms with Crippen molar-refractivity contribution < 1.29 is 18.3 Å². The number of nitrogens with one attached hydrogen (secondary N) is 3. The number of amides is 1. The zero-order valence-electron chi connectivity index (χ0n) is 22.7. The van der Waals surface area contributed by atoms with Crippen LogP contribution in [-0.2, 0) is 17.8 Å². The van der Waals surface area contributed by atoms with E-state index in [1.54, 1.807) is 18.2 Å². The Bertz CT molecular complexity index is 1510. The molecule has 12 heteroatoms. The molecule has 1 saturated heterocycles. The van der Waals surface area contributed by atoms with Crippen LogP contribution in [0.25, 0.3) is 11.1 Å². The third-order valence-corrected chi connectivity index (χ3v) is 7.06. The number of piperidine rings is 1. The second-order valence-electron chi connectivity index (χ2n) is 10.5. The summed E-state index contributed by atoms with van der Waals surface area (Å²) < 4.78 is 33.8. The molecule has 2 aliphatic heterocycles. The average molecular weight is 561 g/mol. The number of aromatic nitrogens is 3. The van der Waals surface area contributed by atoms with Gasteiger partial charge in [-0.1, -0.05) is 19.9 Å². The number of rotatable bonds is 8. The lowest BCUT2D eigenvalue weighted by molar-refractivity contribution is -0.121. The van der Waals surface area contributed by atoms with Crippen molar-refractivity contribution >= 4 is 23.6 Å². The zero-order chi connectivity index (χ0) is 29.1. The van der Waals surface area contributed by atoms with Gasteiger partial charge in [0.25, 0.3) is 5.91 Å². The molecule has 2 aliphatic rings. The van der Waals surface area contributed by atoms with Gasteiger partial charge in [-0.3, -0.25) is 9.69 Å². The number of hydrogen-bond acceptors (Lipinski definition) is 9. The van der Waals surface area contributed by atoms with Crippen molar-refractivity contribution in [2.24, 2.45) is 5.92 Å². The molecule has 41 heavy (non-hydrogen) atoms. The first kappa shape index (κ1) is 28.0. The number of carbonyl (C=O) groups excluding carboxylic acids is 1. The number of fused-ring (bicyclic) bond motifs is 1. The molecule has 1 amide bonds. The highest BCUT2D eigenvalue weighted by atomic mass is 19.1. The summed E-state index contributed by atoms with van der Waals surface area (Å²) >= 11 is 0. The summed E-state index contributed by atoms with van der Waals surface area (Å²) in [6.45, 7) is 4.71. The fraction of sp³-hybridized carbons (Fsp3) is 0.379. The number of alkyl halides is 1. The van der Waals surface area contributed by atoms with Gasteiger partial charge in [0, 0.05) is 23.9 Å². The fourth-order valence-electron chi connectivity index (χ4n) is 5.11. The van der Waals surface area contributed by atoms with Gasteiger partial charge in [0.2, 0.25) is 0 Å². The Morgan fingerprint density at radius 1 is 1.34 bits per heavy atom. The van der Waals surface area contributed by atoms with Crippen LogP contribution in [0.2, 0.25) is 0 Å². The molecule has 0 radical (unpaired) electrons. The smallest absolute Gasteiger partial charge is 0.265 e. The normalized spacial score (nSPS) is 18.4. The number of hydrogen-bond donors (Lipinski definition) is 3. The summed E-state index contributed by atoms with van der Waals surface area (Å²) in [5.74, 6) is 0.308. The number of halogens is 2. The van der Waals surface area contributed by atoms with Gasteiger partial charge in [-0.25, -0.2) is 23.7 Å². The first-order chi connectivity index (χ1) is 19.8. The number of benzene rings is 1. The number of nitrogens with zero attached hydrogens (tertiary/aromatic N) is 5. The van der Waals surface area contributed by atoms with Gasteiger partial charge in [-0.15, -0.1) is 0 Å². The van der Waals surface area contributed by atoms with Gasteiger partial charge in [-0.2, -0.15) is 5.26 Å². The molecule has 3 N–H and O–H groups in total. The SMILES string of the molecule is CC(C)Cc1nc(N[C@H]2CCNC[C@@H]2F)c(C=N)c(-c2ccc3c(c2)OCC(=O)N3Cc2ncc(F)cn2)c1C#N. The van der Waals surface area contributed by atoms with Crippen LogP contribution in [0.5, 0.6) is 5.75 Å². The molecule has 4 heterocycles. The minimum atomic E-state index is -1.14. The lowest BCUT2D eigenvalue weighted by atomic mass is 9.91. The van der Waals surface area contributed by atoms with Gasteiger partial charge in [-0.05, 0) is 43.0 Å². The summed E-state index contributed by atoms with van der Waals surface area (Å²) in [6, 6.07) is 6.95. The highest BCUT2D eigenvalue weighted by Crippen LogP contribution is 2.40. The summed E-state index contributed by atoms with van der Waals surface area (Å²) in [5, 5.41) is 24.8. The van der Waals surface area contributed by atoms with E-state index in [-0.39, 0.29) is 37.3 Å². The topological polar surface area (TPSA) is 140 Å². The first-order valence-corrected chi connectivity index (χ1v) is 13.4. The maximum Gasteiger partial charge on any atom is 0.265 e. The number of pyridine rings is 1. The predicted octanol–water partition coefficient (Wildman–Crippen LogP) is 3.78. The molecule has 1 aromatic carbocycles. The Balaban J connectivity index is 1.60. The Kier molecular flexibility index (Phi) is 8.16. The molecule has 0 bridgehead atoms. The van der Waals surface area contributed by atoms with Crippen LogP contribution in [0.1, 0.15) is 42.9 Å². The maximum absolute atomic E-state index is 14.7. The predicted molar refractivity (Wildman–Crippen MR) is 149 cm³/mol. The van der Waals surface area contributed by atoms with E-state index in [9.17, 15) is 18.8 Å². The van der Waals surface area contributed by atoms with Gasteiger partial charge >= 0.3 is 0 Å². The van der Waals surface area contributed by atoms with E-state index >= 15 is 0 Å². The molecule has 2 atom stereocenters. The molecule has 3 aromatic rings. The fourth-order valence-corrected chi connectivity index (χ4v) is 5.11. The van der Waals surface area contributed by atoms with Gasteiger partial charge in [0.15, 0.2) is 12.4 Å². The largest absolute Gasteiger partial charge is 0.482 e. The Morgan fingerprint density at radius 3 is 2.80 bits per heavy atom. The van der Waals surface area contributed by atoms with Crippen molar-refractivity contribution in [1.82, 2.24) is 20.3 Å². The van der Waals surface area contributed by atoms with E-state index in [2.05, 4.69) is 26.7 Å². The Morgan fingerprint density at radius 2 is 2.12 bits per heavy atom. The van der Waals surface area contributed by atoms with Crippen LogP contribution >= 0.6 is 0 Å². The number of ether oxygens (including phenoxy) is 1. The molecule has 212 valence electrons.